The number of aromatic nitrogens is 2. The number of hydrogen-bond acceptors (Lipinski definition) is 7. The molecule has 1 unspecified atom stereocenters. The molecule has 0 amide bonds. The van der Waals surface area contributed by atoms with Gasteiger partial charge in [-0.05, 0) is 42.5 Å². The van der Waals surface area contributed by atoms with Crippen molar-refractivity contribution < 1.29 is 10.0 Å². The van der Waals surface area contributed by atoms with E-state index in [0.717, 1.165) is 35.3 Å². The van der Waals surface area contributed by atoms with Crippen LogP contribution in [-0.2, 0) is 12.8 Å². The van der Waals surface area contributed by atoms with Gasteiger partial charge in [0.25, 0.3) is 5.69 Å². The highest BCUT2D eigenvalue weighted by molar-refractivity contribution is 7.19. The van der Waals surface area contributed by atoms with Crippen molar-refractivity contribution in [2.24, 2.45) is 0 Å². The number of nitro groups is 1. The van der Waals surface area contributed by atoms with Crippen LogP contribution in [0.3, 0.4) is 0 Å². The summed E-state index contributed by atoms with van der Waals surface area (Å²) in [5.41, 5.74) is 1.96. The summed E-state index contributed by atoms with van der Waals surface area (Å²) in [6, 6.07) is 5.94. The Kier molecular flexibility index (Phi) is 4.06. The largest absolute Gasteiger partial charge is 0.387 e. The molecule has 0 radical (unpaired) electrons. The summed E-state index contributed by atoms with van der Waals surface area (Å²) in [6.07, 6.45) is 4.06. The average Bonchev–Trinajstić information content (AvgIpc) is 3.20. The van der Waals surface area contributed by atoms with Gasteiger partial charge >= 0.3 is 0 Å². The number of non-ortho nitro benzene ring substituents is 1. The molecule has 1 aromatic carbocycles. The van der Waals surface area contributed by atoms with Crippen molar-refractivity contribution in [3.05, 3.63) is 56.7 Å². The van der Waals surface area contributed by atoms with E-state index < -0.39 is 11.0 Å². The normalized spacial score (nSPS) is 14.4. The molecule has 0 bridgehead atoms. The number of nitrogens with one attached hydrogen (secondary N) is 1. The Labute approximate surface area is 147 Å². The molecule has 1 aliphatic rings. The number of rotatable bonds is 5. The predicted molar refractivity (Wildman–Crippen MR) is 96.0 cm³/mol. The number of fused-ring (bicyclic) bond motifs is 3. The number of aliphatic hydroxyl groups excluding tert-OH is 1. The van der Waals surface area contributed by atoms with Crippen LogP contribution in [-0.4, -0.2) is 26.5 Å². The Morgan fingerprint density at radius 2 is 2.08 bits per heavy atom. The summed E-state index contributed by atoms with van der Waals surface area (Å²) >= 11 is 1.72. The van der Waals surface area contributed by atoms with Crippen molar-refractivity contribution in [2.75, 3.05) is 11.9 Å². The van der Waals surface area contributed by atoms with Gasteiger partial charge in [-0.25, -0.2) is 9.97 Å². The lowest BCUT2D eigenvalue weighted by atomic mass is 10.1. The molecule has 0 aliphatic heterocycles. The second-order valence-corrected chi connectivity index (χ2v) is 7.09. The molecule has 4 rings (SSSR count). The lowest BCUT2D eigenvalue weighted by Crippen LogP contribution is -2.13. The molecule has 1 atom stereocenters. The van der Waals surface area contributed by atoms with Gasteiger partial charge in [0.2, 0.25) is 0 Å². The molecular weight excluding hydrogens is 340 g/mol. The third-order valence-corrected chi connectivity index (χ3v) is 5.65. The van der Waals surface area contributed by atoms with Crippen LogP contribution in [0.5, 0.6) is 0 Å². The number of hydrogen-bond donors (Lipinski definition) is 2. The van der Waals surface area contributed by atoms with Crippen LogP contribution in [0.15, 0.2) is 30.6 Å². The summed E-state index contributed by atoms with van der Waals surface area (Å²) in [7, 11) is 0. The number of thiophene rings is 1. The maximum atomic E-state index is 10.7. The lowest BCUT2D eigenvalue weighted by Gasteiger charge is -2.13. The first-order chi connectivity index (χ1) is 12.1. The van der Waals surface area contributed by atoms with Crippen LogP contribution in [0, 0.1) is 10.1 Å². The molecule has 7 nitrogen and oxygen atoms in total. The van der Waals surface area contributed by atoms with Crippen molar-refractivity contribution in [2.45, 2.75) is 25.4 Å². The summed E-state index contributed by atoms with van der Waals surface area (Å²) < 4.78 is 0. The third kappa shape index (κ3) is 2.94. The molecular formula is C17H16N4O3S. The molecule has 3 aromatic rings. The fourth-order valence-electron chi connectivity index (χ4n) is 3.19. The van der Waals surface area contributed by atoms with E-state index in [-0.39, 0.29) is 12.2 Å². The fourth-order valence-corrected chi connectivity index (χ4v) is 4.42. The van der Waals surface area contributed by atoms with E-state index in [1.54, 1.807) is 23.5 Å². The van der Waals surface area contributed by atoms with E-state index in [1.165, 1.54) is 28.9 Å². The smallest absolute Gasteiger partial charge is 0.269 e. The quantitative estimate of drug-likeness (QED) is 0.538. The van der Waals surface area contributed by atoms with Gasteiger partial charge in [0.1, 0.15) is 17.0 Å². The third-order valence-electron chi connectivity index (χ3n) is 4.45. The molecule has 0 saturated heterocycles. The Balaban J connectivity index is 1.53. The van der Waals surface area contributed by atoms with Gasteiger partial charge < -0.3 is 10.4 Å². The molecule has 0 spiro atoms. The van der Waals surface area contributed by atoms with E-state index >= 15 is 0 Å². The minimum atomic E-state index is -0.780. The highest BCUT2D eigenvalue weighted by Crippen LogP contribution is 2.39. The summed E-state index contributed by atoms with van der Waals surface area (Å²) in [4.78, 5) is 21.3. The van der Waals surface area contributed by atoms with Gasteiger partial charge in [0.15, 0.2) is 0 Å². The van der Waals surface area contributed by atoms with Crippen LogP contribution in [0.1, 0.15) is 28.5 Å². The molecule has 25 heavy (non-hydrogen) atoms. The predicted octanol–water partition coefficient (Wildman–Crippen LogP) is 3.23. The van der Waals surface area contributed by atoms with Crippen molar-refractivity contribution in [3.63, 3.8) is 0 Å². The van der Waals surface area contributed by atoms with Gasteiger partial charge in [-0.3, -0.25) is 10.1 Å². The van der Waals surface area contributed by atoms with Gasteiger partial charge in [-0.2, -0.15) is 0 Å². The van der Waals surface area contributed by atoms with E-state index in [9.17, 15) is 15.2 Å². The molecule has 8 heteroatoms. The summed E-state index contributed by atoms with van der Waals surface area (Å²) in [5.74, 6) is 0.741. The summed E-state index contributed by atoms with van der Waals surface area (Å²) in [6.45, 7) is 0.272. The monoisotopic (exact) mass is 356 g/mol. The minimum absolute atomic E-state index is 0.00949. The van der Waals surface area contributed by atoms with Crippen LogP contribution < -0.4 is 5.32 Å². The second kappa shape index (κ2) is 6.38. The Bertz CT molecular complexity index is 939. The Morgan fingerprint density at radius 3 is 2.84 bits per heavy atom. The number of aliphatic hydroxyl groups is 1. The first kappa shape index (κ1) is 15.9. The van der Waals surface area contributed by atoms with E-state index in [0.29, 0.717) is 5.56 Å². The molecule has 128 valence electrons. The molecule has 0 saturated carbocycles. The molecule has 1 aliphatic carbocycles. The molecule has 2 aromatic heterocycles. The second-order valence-electron chi connectivity index (χ2n) is 6.01. The van der Waals surface area contributed by atoms with E-state index in [2.05, 4.69) is 15.3 Å². The van der Waals surface area contributed by atoms with Crippen LogP contribution in [0.4, 0.5) is 11.5 Å². The maximum absolute atomic E-state index is 10.7. The van der Waals surface area contributed by atoms with Gasteiger partial charge in [-0.15, -0.1) is 11.3 Å². The minimum Gasteiger partial charge on any atom is -0.387 e. The van der Waals surface area contributed by atoms with Gasteiger partial charge in [-0.1, -0.05) is 0 Å². The van der Waals surface area contributed by atoms with Gasteiger partial charge in [0, 0.05) is 23.6 Å². The average molecular weight is 356 g/mol. The maximum Gasteiger partial charge on any atom is 0.269 e. The van der Waals surface area contributed by atoms with Crippen molar-refractivity contribution in [3.8, 4) is 0 Å². The molecule has 2 heterocycles. The van der Waals surface area contributed by atoms with E-state index in [4.69, 9.17) is 0 Å². The highest BCUT2D eigenvalue weighted by Gasteiger charge is 2.21. The first-order valence-corrected chi connectivity index (χ1v) is 8.86. The number of aryl methyl sites for hydroxylation is 2. The van der Waals surface area contributed by atoms with Crippen LogP contribution in [0.2, 0.25) is 0 Å². The zero-order valence-corrected chi connectivity index (χ0v) is 14.1. The van der Waals surface area contributed by atoms with Crippen molar-refractivity contribution >= 4 is 33.1 Å². The molecule has 2 N–H and O–H groups in total. The van der Waals surface area contributed by atoms with E-state index in [1.807, 2.05) is 0 Å². The Morgan fingerprint density at radius 1 is 1.28 bits per heavy atom. The zero-order chi connectivity index (χ0) is 17.4. The Hall–Kier alpha value is -2.58. The van der Waals surface area contributed by atoms with Crippen molar-refractivity contribution in [1.29, 1.82) is 0 Å². The number of nitrogens with zero attached hydrogens (tertiary/aromatic N) is 3. The standard InChI is InChI=1S/C17H16N4O3S/c22-13(10-4-6-11(7-5-10)21(23)24)8-18-16-15-12-2-1-3-14(12)25-17(15)20-9-19-16/h4-7,9,13,22H,1-3,8H2,(H,18,19,20). The number of benzene rings is 1. The topological polar surface area (TPSA) is 101 Å². The SMILES string of the molecule is O=[N+]([O-])c1ccc(C(O)CNc2ncnc3sc4c(c23)CCC4)cc1. The number of nitro benzene ring substituents is 1. The van der Waals surface area contributed by atoms with Crippen LogP contribution >= 0.6 is 11.3 Å². The van der Waals surface area contributed by atoms with Gasteiger partial charge in [0.05, 0.1) is 16.4 Å². The first-order valence-electron chi connectivity index (χ1n) is 8.05. The molecule has 0 fully saturated rings. The van der Waals surface area contributed by atoms with Crippen LogP contribution in [0.25, 0.3) is 10.2 Å². The lowest BCUT2D eigenvalue weighted by molar-refractivity contribution is -0.384. The summed E-state index contributed by atoms with van der Waals surface area (Å²) in [5, 5.41) is 25.3. The highest BCUT2D eigenvalue weighted by atomic mass is 32.1. The van der Waals surface area contributed by atoms with Crippen molar-refractivity contribution in [1.82, 2.24) is 9.97 Å². The number of anilines is 1. The fraction of sp³-hybridized carbons (Fsp3) is 0.294. The zero-order valence-electron chi connectivity index (χ0n) is 13.3.